The second-order valence-corrected chi connectivity index (χ2v) is 6.16. The van der Waals surface area contributed by atoms with Crippen LogP contribution in [-0.2, 0) is 14.3 Å². The third-order valence-corrected chi connectivity index (χ3v) is 4.22. The van der Waals surface area contributed by atoms with Crippen molar-refractivity contribution in [1.29, 1.82) is 0 Å². The average Bonchev–Trinajstić information content (AvgIpc) is 2.66. The molecule has 0 radical (unpaired) electrons. The Morgan fingerprint density at radius 1 is 1.26 bits per heavy atom. The third-order valence-electron chi connectivity index (χ3n) is 4.22. The Morgan fingerprint density at radius 3 is 2.52 bits per heavy atom. The number of hydrogen-bond donors (Lipinski definition) is 1. The van der Waals surface area contributed by atoms with Gasteiger partial charge in [0.05, 0.1) is 33.0 Å². The Morgan fingerprint density at radius 2 is 1.93 bits per heavy atom. The van der Waals surface area contributed by atoms with E-state index in [4.69, 9.17) is 9.47 Å². The van der Waals surface area contributed by atoms with E-state index in [1.807, 2.05) is 24.3 Å². The zero-order chi connectivity index (χ0) is 19.7. The summed E-state index contributed by atoms with van der Waals surface area (Å²) in [6.07, 6.45) is -4.50. The number of benzene rings is 1. The van der Waals surface area contributed by atoms with Crippen molar-refractivity contribution in [3.8, 4) is 5.75 Å². The maximum absolute atomic E-state index is 12.0. The molecule has 0 bridgehead atoms. The number of methoxy groups -OCH3 is 1. The van der Waals surface area contributed by atoms with Crippen LogP contribution in [0.1, 0.15) is 18.0 Å². The first-order valence-electron chi connectivity index (χ1n) is 8.76. The summed E-state index contributed by atoms with van der Waals surface area (Å²) in [5, 5.41) is 2.79. The van der Waals surface area contributed by atoms with E-state index in [-0.39, 0.29) is 25.0 Å². The number of carbonyl (C=O) groups excluding carboxylic acids is 1. The number of amides is 1. The van der Waals surface area contributed by atoms with E-state index in [2.05, 4.69) is 15.0 Å². The highest BCUT2D eigenvalue weighted by atomic mass is 19.4. The van der Waals surface area contributed by atoms with Crippen molar-refractivity contribution in [2.45, 2.75) is 18.6 Å². The molecule has 1 heterocycles. The van der Waals surface area contributed by atoms with Crippen LogP contribution in [0.2, 0.25) is 0 Å². The fourth-order valence-electron chi connectivity index (χ4n) is 2.82. The minimum absolute atomic E-state index is 0.0557. The SMILES string of the molecule is COc1ccc(C(CNC(=O)CCOCC(F)(F)F)N2CCOCC2)cc1. The van der Waals surface area contributed by atoms with Crippen LogP contribution in [0.15, 0.2) is 24.3 Å². The standard InChI is InChI=1S/C18H25F3N2O4/c1-25-15-4-2-14(3-5-15)16(23-7-10-26-11-8-23)12-22-17(24)6-9-27-13-18(19,20)21/h2-5,16H,6-13H2,1H3,(H,22,24). The lowest BCUT2D eigenvalue weighted by Crippen LogP contribution is -2.44. The summed E-state index contributed by atoms with van der Waals surface area (Å²) in [7, 11) is 1.59. The fourth-order valence-corrected chi connectivity index (χ4v) is 2.82. The number of hydrogen-bond acceptors (Lipinski definition) is 5. The molecule has 1 unspecified atom stereocenters. The van der Waals surface area contributed by atoms with Gasteiger partial charge in [-0.15, -0.1) is 0 Å². The molecule has 2 rings (SSSR count). The molecular weight excluding hydrogens is 365 g/mol. The Bertz CT molecular complexity index is 575. The van der Waals surface area contributed by atoms with Gasteiger partial charge in [-0.3, -0.25) is 9.69 Å². The van der Waals surface area contributed by atoms with Crippen molar-refractivity contribution >= 4 is 5.91 Å². The van der Waals surface area contributed by atoms with E-state index in [0.29, 0.717) is 19.8 Å². The summed E-state index contributed by atoms with van der Waals surface area (Å²) in [6, 6.07) is 7.54. The van der Waals surface area contributed by atoms with E-state index in [1.54, 1.807) is 7.11 Å². The molecule has 0 aromatic heterocycles. The van der Waals surface area contributed by atoms with E-state index >= 15 is 0 Å². The van der Waals surface area contributed by atoms with Gasteiger partial charge in [0.1, 0.15) is 12.4 Å². The van der Waals surface area contributed by atoms with Crippen LogP contribution in [0.4, 0.5) is 13.2 Å². The van der Waals surface area contributed by atoms with Gasteiger partial charge in [-0.05, 0) is 17.7 Å². The summed E-state index contributed by atoms with van der Waals surface area (Å²) in [4.78, 5) is 14.2. The van der Waals surface area contributed by atoms with Crippen molar-refractivity contribution < 1.29 is 32.2 Å². The van der Waals surface area contributed by atoms with Crippen LogP contribution in [0.5, 0.6) is 5.75 Å². The molecule has 27 heavy (non-hydrogen) atoms. The lowest BCUT2D eigenvalue weighted by atomic mass is 10.0. The predicted molar refractivity (Wildman–Crippen MR) is 92.6 cm³/mol. The van der Waals surface area contributed by atoms with Gasteiger partial charge in [-0.2, -0.15) is 13.2 Å². The molecule has 0 spiro atoms. The number of halogens is 3. The van der Waals surface area contributed by atoms with Gasteiger partial charge in [-0.1, -0.05) is 12.1 Å². The molecule has 1 saturated heterocycles. The molecule has 0 aliphatic carbocycles. The summed E-state index contributed by atoms with van der Waals surface area (Å²) in [6.45, 7) is 1.45. The molecule has 6 nitrogen and oxygen atoms in total. The predicted octanol–water partition coefficient (Wildman–Crippen LogP) is 2.15. The van der Waals surface area contributed by atoms with Gasteiger partial charge in [0, 0.05) is 26.1 Å². The highest BCUT2D eigenvalue weighted by Crippen LogP contribution is 2.23. The maximum atomic E-state index is 12.0. The van der Waals surface area contributed by atoms with Crippen molar-refractivity contribution in [1.82, 2.24) is 10.2 Å². The fraction of sp³-hybridized carbons (Fsp3) is 0.611. The second kappa shape index (κ2) is 10.5. The summed E-state index contributed by atoms with van der Waals surface area (Å²) in [5.74, 6) is 0.397. The van der Waals surface area contributed by atoms with Crippen molar-refractivity contribution in [2.75, 3.05) is 53.2 Å². The van der Waals surface area contributed by atoms with Gasteiger partial charge in [0.25, 0.3) is 0 Å². The zero-order valence-electron chi connectivity index (χ0n) is 15.3. The molecule has 9 heteroatoms. The van der Waals surface area contributed by atoms with Gasteiger partial charge >= 0.3 is 6.18 Å². The number of nitrogens with one attached hydrogen (secondary N) is 1. The molecule has 1 aliphatic rings. The van der Waals surface area contributed by atoms with Crippen molar-refractivity contribution in [3.05, 3.63) is 29.8 Å². The molecule has 1 amide bonds. The summed E-state index contributed by atoms with van der Waals surface area (Å²) >= 11 is 0. The topological polar surface area (TPSA) is 60.0 Å². The molecule has 0 saturated carbocycles. The van der Waals surface area contributed by atoms with E-state index < -0.39 is 12.8 Å². The molecule has 1 fully saturated rings. The van der Waals surface area contributed by atoms with Gasteiger partial charge in [-0.25, -0.2) is 0 Å². The molecule has 152 valence electrons. The lowest BCUT2D eigenvalue weighted by molar-refractivity contribution is -0.174. The number of carbonyl (C=O) groups is 1. The van der Waals surface area contributed by atoms with Crippen LogP contribution in [0, 0.1) is 0 Å². The minimum Gasteiger partial charge on any atom is -0.497 e. The molecule has 1 N–H and O–H groups in total. The molecule has 1 aromatic carbocycles. The van der Waals surface area contributed by atoms with Crippen LogP contribution >= 0.6 is 0 Å². The van der Waals surface area contributed by atoms with Crippen LogP contribution < -0.4 is 10.1 Å². The largest absolute Gasteiger partial charge is 0.497 e. The Balaban J connectivity index is 1.88. The molecule has 1 aromatic rings. The molecular formula is C18H25F3N2O4. The number of ether oxygens (including phenoxy) is 3. The normalized spacial score (nSPS) is 16.7. The quantitative estimate of drug-likeness (QED) is 0.655. The first-order chi connectivity index (χ1) is 12.9. The number of morpholine rings is 1. The third kappa shape index (κ3) is 7.74. The Hall–Kier alpha value is -1.84. The molecule has 1 aliphatic heterocycles. The van der Waals surface area contributed by atoms with E-state index in [1.165, 1.54) is 0 Å². The van der Waals surface area contributed by atoms with Gasteiger partial charge in [0.15, 0.2) is 0 Å². The zero-order valence-corrected chi connectivity index (χ0v) is 15.3. The Kier molecular flexibility index (Phi) is 8.33. The highest BCUT2D eigenvalue weighted by Gasteiger charge is 2.27. The first-order valence-corrected chi connectivity index (χ1v) is 8.76. The summed E-state index contributed by atoms with van der Waals surface area (Å²) < 4.78 is 51.1. The number of alkyl halides is 3. The minimum atomic E-state index is -4.38. The van der Waals surface area contributed by atoms with Gasteiger partial charge < -0.3 is 19.5 Å². The van der Waals surface area contributed by atoms with Crippen molar-refractivity contribution in [3.63, 3.8) is 0 Å². The lowest BCUT2D eigenvalue weighted by Gasteiger charge is -2.35. The van der Waals surface area contributed by atoms with Crippen LogP contribution in [0.3, 0.4) is 0 Å². The van der Waals surface area contributed by atoms with Crippen LogP contribution in [0.25, 0.3) is 0 Å². The highest BCUT2D eigenvalue weighted by molar-refractivity contribution is 5.76. The van der Waals surface area contributed by atoms with Crippen molar-refractivity contribution in [2.24, 2.45) is 0 Å². The smallest absolute Gasteiger partial charge is 0.411 e. The first kappa shape index (κ1) is 21.5. The summed E-state index contributed by atoms with van der Waals surface area (Å²) in [5.41, 5.74) is 1.02. The van der Waals surface area contributed by atoms with E-state index in [9.17, 15) is 18.0 Å². The van der Waals surface area contributed by atoms with Crippen LogP contribution in [-0.4, -0.2) is 70.2 Å². The monoisotopic (exact) mass is 390 g/mol. The molecule has 1 atom stereocenters. The Labute approximate surface area is 156 Å². The van der Waals surface area contributed by atoms with E-state index in [0.717, 1.165) is 24.4 Å². The maximum Gasteiger partial charge on any atom is 0.411 e. The number of nitrogens with zero attached hydrogens (tertiary/aromatic N) is 1. The average molecular weight is 390 g/mol. The number of rotatable bonds is 9. The second-order valence-electron chi connectivity index (χ2n) is 6.16. The van der Waals surface area contributed by atoms with Gasteiger partial charge in [0.2, 0.25) is 5.91 Å².